The first-order valence-corrected chi connectivity index (χ1v) is 12.6. The zero-order chi connectivity index (χ0) is 22.7. The molecule has 3 heteroatoms. The third-order valence-electron chi connectivity index (χ3n) is 6.16. The maximum atomic E-state index is 5.87. The second-order valence-electron chi connectivity index (χ2n) is 8.16. The van der Waals surface area contributed by atoms with E-state index in [1.165, 1.54) is 44.5 Å². The molecule has 0 aliphatic carbocycles. The zero-order valence-corrected chi connectivity index (χ0v) is 19.5. The summed E-state index contributed by atoms with van der Waals surface area (Å²) in [6.07, 6.45) is 0. The maximum absolute atomic E-state index is 5.87. The van der Waals surface area contributed by atoms with Crippen molar-refractivity contribution < 1.29 is 9.05 Å². The fraction of sp³-hybridized carbons (Fsp3) is 0.0323. The van der Waals surface area contributed by atoms with Crippen molar-refractivity contribution in [2.24, 2.45) is 0 Å². The van der Waals surface area contributed by atoms with Gasteiger partial charge in [0.05, 0.1) is 0 Å². The van der Waals surface area contributed by atoms with Crippen molar-refractivity contribution in [1.82, 2.24) is 0 Å². The summed E-state index contributed by atoms with van der Waals surface area (Å²) in [5.41, 5.74) is 9.54. The Morgan fingerprint density at radius 2 is 0.882 bits per heavy atom. The summed E-state index contributed by atoms with van der Waals surface area (Å²) in [6, 6.07) is 44.9. The first-order chi connectivity index (χ1) is 16.9. The predicted molar refractivity (Wildman–Crippen MR) is 142 cm³/mol. The fourth-order valence-corrected chi connectivity index (χ4v) is 5.72. The first-order valence-electron chi connectivity index (χ1n) is 11.4. The number of rotatable bonds is 5. The fourth-order valence-electron chi connectivity index (χ4n) is 4.60. The highest BCUT2D eigenvalue weighted by atomic mass is 31.2. The van der Waals surface area contributed by atoms with Crippen LogP contribution in [0.4, 0.5) is 0 Å². The summed E-state index contributed by atoms with van der Waals surface area (Å²) in [5, 5.41) is 1.12. The lowest BCUT2D eigenvalue weighted by molar-refractivity contribution is 0.0446. The number of benzene rings is 5. The van der Waals surface area contributed by atoms with Crippen molar-refractivity contribution in [3.63, 3.8) is 0 Å². The van der Waals surface area contributed by atoms with E-state index in [9.17, 15) is 0 Å². The van der Waals surface area contributed by atoms with Crippen LogP contribution in [0.3, 0.4) is 0 Å². The lowest BCUT2D eigenvalue weighted by Crippen LogP contribution is -2.18. The van der Waals surface area contributed by atoms with Gasteiger partial charge in [-0.15, -0.1) is 0 Å². The second kappa shape index (κ2) is 9.37. The molecule has 1 heterocycles. The van der Waals surface area contributed by atoms with Gasteiger partial charge in [0.2, 0.25) is 8.38 Å². The normalized spacial score (nSPS) is 13.4. The predicted octanol–water partition coefficient (Wildman–Crippen LogP) is 8.30. The van der Waals surface area contributed by atoms with Crippen molar-refractivity contribution in [3.05, 3.63) is 127 Å². The molecule has 34 heavy (non-hydrogen) atoms. The van der Waals surface area contributed by atoms with Crippen LogP contribution in [0.15, 0.2) is 127 Å². The highest BCUT2D eigenvalue weighted by Crippen LogP contribution is 2.51. The van der Waals surface area contributed by atoms with Crippen LogP contribution in [-0.2, 0) is 9.05 Å². The van der Waals surface area contributed by atoms with E-state index in [0.717, 1.165) is 5.30 Å². The Hall–Kier alpha value is -3.55. The van der Waals surface area contributed by atoms with Crippen LogP contribution in [0.25, 0.3) is 44.5 Å². The zero-order valence-electron chi connectivity index (χ0n) is 18.6. The molecule has 5 aromatic rings. The van der Waals surface area contributed by atoms with Crippen molar-refractivity contribution >= 4 is 13.7 Å². The summed E-state index contributed by atoms with van der Waals surface area (Å²) in [6.45, 7) is 0.357. The van der Waals surface area contributed by atoms with Gasteiger partial charge < -0.3 is 9.05 Å². The van der Waals surface area contributed by atoms with E-state index in [0.29, 0.717) is 6.79 Å². The van der Waals surface area contributed by atoms with Gasteiger partial charge in [0.1, 0.15) is 0 Å². The molecule has 164 valence electrons. The molecule has 0 bridgehead atoms. The average molecular weight is 458 g/mol. The molecule has 1 aliphatic heterocycles. The Labute approximate surface area is 201 Å². The van der Waals surface area contributed by atoms with Crippen molar-refractivity contribution in [2.45, 2.75) is 0 Å². The minimum atomic E-state index is -1.09. The van der Waals surface area contributed by atoms with E-state index < -0.39 is 8.38 Å². The first kappa shape index (κ1) is 21.0. The summed E-state index contributed by atoms with van der Waals surface area (Å²) >= 11 is 0. The van der Waals surface area contributed by atoms with Crippen LogP contribution in [-0.4, -0.2) is 6.79 Å². The second-order valence-corrected chi connectivity index (χ2v) is 9.67. The summed E-state index contributed by atoms with van der Waals surface area (Å²) < 4.78 is 11.7. The van der Waals surface area contributed by atoms with Gasteiger partial charge in [-0.1, -0.05) is 121 Å². The van der Waals surface area contributed by atoms with Gasteiger partial charge in [-0.2, -0.15) is 0 Å². The highest BCUT2D eigenvalue weighted by molar-refractivity contribution is 7.57. The quantitative estimate of drug-likeness (QED) is 0.247. The van der Waals surface area contributed by atoms with Crippen LogP contribution in [0, 0.1) is 0 Å². The molecule has 0 radical (unpaired) electrons. The molecule has 0 N–H and O–H groups in total. The third kappa shape index (κ3) is 3.87. The summed E-state index contributed by atoms with van der Waals surface area (Å²) in [4.78, 5) is 0. The average Bonchev–Trinajstić information content (AvgIpc) is 2.89. The van der Waals surface area contributed by atoms with Gasteiger partial charge in [-0.25, -0.2) is 0 Å². The van der Waals surface area contributed by atoms with Gasteiger partial charge in [0.25, 0.3) is 0 Å². The molecule has 0 atom stereocenters. The molecule has 1 fully saturated rings. The molecule has 1 saturated heterocycles. The van der Waals surface area contributed by atoms with Crippen LogP contribution < -0.4 is 5.30 Å². The maximum Gasteiger partial charge on any atom is 0.210 e. The molecule has 0 spiro atoms. The summed E-state index contributed by atoms with van der Waals surface area (Å²) in [7, 11) is -1.09. The molecule has 0 unspecified atom stereocenters. The molecule has 1 aliphatic rings. The van der Waals surface area contributed by atoms with Gasteiger partial charge in [0, 0.05) is 10.9 Å². The van der Waals surface area contributed by atoms with E-state index >= 15 is 0 Å². The monoisotopic (exact) mass is 458 g/mol. The smallest absolute Gasteiger partial charge is 0.210 e. The van der Waals surface area contributed by atoms with Gasteiger partial charge in [-0.05, 0) is 45.0 Å². The molecule has 0 saturated carbocycles. The molecular weight excluding hydrogens is 435 g/mol. The Morgan fingerprint density at radius 3 is 1.44 bits per heavy atom. The Kier molecular flexibility index (Phi) is 5.79. The van der Waals surface area contributed by atoms with Gasteiger partial charge in [0.15, 0.2) is 6.79 Å². The van der Waals surface area contributed by atoms with Crippen LogP contribution in [0.1, 0.15) is 0 Å². The van der Waals surface area contributed by atoms with Crippen molar-refractivity contribution in [3.8, 4) is 44.5 Å². The van der Waals surface area contributed by atoms with Crippen LogP contribution in [0.2, 0.25) is 0 Å². The van der Waals surface area contributed by atoms with Crippen LogP contribution in [0.5, 0.6) is 0 Å². The standard InChI is InChI=1S/C31H23O2P/c1-3-12-23(13-4-1)25-16-7-9-18-27(25)29-20-11-21-30(34-32-22-33-34)31(29)28-19-10-8-17-26(28)24-14-5-2-6-15-24/h1-21H,22H2. The van der Waals surface area contributed by atoms with Crippen molar-refractivity contribution in [1.29, 1.82) is 0 Å². The van der Waals surface area contributed by atoms with Crippen molar-refractivity contribution in [2.75, 3.05) is 6.79 Å². The third-order valence-corrected chi connectivity index (χ3v) is 7.61. The molecular formula is C31H23O2P. The minimum Gasteiger partial charge on any atom is -0.303 e. The molecule has 5 aromatic carbocycles. The largest absolute Gasteiger partial charge is 0.303 e. The molecule has 0 amide bonds. The van der Waals surface area contributed by atoms with E-state index in [2.05, 4.69) is 127 Å². The van der Waals surface area contributed by atoms with E-state index in [1.54, 1.807) is 0 Å². The molecule has 0 aromatic heterocycles. The Bertz CT molecular complexity index is 1430. The number of hydrogen-bond acceptors (Lipinski definition) is 2. The van der Waals surface area contributed by atoms with Crippen LogP contribution >= 0.6 is 8.38 Å². The van der Waals surface area contributed by atoms with Gasteiger partial charge in [-0.3, -0.25) is 0 Å². The SMILES string of the molecule is c1ccc(-c2ccccc2-c2cccc(P3OCO3)c2-c2ccccc2-c2ccccc2)cc1. The lowest BCUT2D eigenvalue weighted by Gasteiger charge is -2.29. The van der Waals surface area contributed by atoms with Gasteiger partial charge >= 0.3 is 0 Å². The topological polar surface area (TPSA) is 18.5 Å². The molecule has 2 nitrogen and oxygen atoms in total. The van der Waals surface area contributed by atoms with E-state index in [1.807, 2.05) is 0 Å². The Morgan fingerprint density at radius 1 is 0.412 bits per heavy atom. The van der Waals surface area contributed by atoms with E-state index in [-0.39, 0.29) is 0 Å². The number of hydrogen-bond donors (Lipinski definition) is 0. The minimum absolute atomic E-state index is 0.357. The Balaban J connectivity index is 1.64. The van der Waals surface area contributed by atoms with E-state index in [4.69, 9.17) is 9.05 Å². The highest BCUT2D eigenvalue weighted by Gasteiger charge is 2.29. The lowest BCUT2D eigenvalue weighted by atomic mass is 9.86. The molecule has 6 rings (SSSR count). The summed E-state index contributed by atoms with van der Waals surface area (Å²) in [5.74, 6) is 0.